The van der Waals surface area contributed by atoms with Crippen molar-refractivity contribution in [2.24, 2.45) is 0 Å². The first-order valence-corrected chi connectivity index (χ1v) is 7.02. The molecule has 0 radical (unpaired) electrons. The number of halogens is 1. The van der Waals surface area contributed by atoms with Crippen LogP contribution in [0.25, 0.3) is 0 Å². The first kappa shape index (κ1) is 17.9. The highest BCUT2D eigenvalue weighted by molar-refractivity contribution is 5.92. The molecule has 2 aromatic rings. The maximum absolute atomic E-state index is 12.7. The summed E-state index contributed by atoms with van der Waals surface area (Å²) in [5.41, 5.74) is 0.261. The van der Waals surface area contributed by atoms with Gasteiger partial charge in [0.25, 0.3) is 11.6 Å². The number of amides is 1. The zero-order chi connectivity index (χ0) is 18.2. The Morgan fingerprint density at radius 2 is 1.68 bits per heavy atom. The van der Waals surface area contributed by atoms with Gasteiger partial charge in [0.2, 0.25) is 0 Å². The maximum Gasteiger partial charge on any atom is 0.344 e. The minimum absolute atomic E-state index is 0.104. The van der Waals surface area contributed by atoms with Crippen molar-refractivity contribution >= 4 is 23.3 Å². The van der Waals surface area contributed by atoms with Gasteiger partial charge in [-0.1, -0.05) is 0 Å². The standard InChI is InChI=1S/C16H13FN2O6/c17-11-1-3-12(4-2-11)18-15(20)9-25-16(21)10-24-14-7-5-13(6-8-14)19(22)23/h1-8H,9-10H2,(H,18,20). The van der Waals surface area contributed by atoms with Crippen molar-refractivity contribution in [3.63, 3.8) is 0 Å². The Labute approximate surface area is 141 Å². The van der Waals surface area contributed by atoms with Crippen molar-refractivity contribution in [2.45, 2.75) is 0 Å². The van der Waals surface area contributed by atoms with Crippen molar-refractivity contribution in [3.8, 4) is 5.75 Å². The molecule has 0 heterocycles. The fourth-order valence-corrected chi connectivity index (χ4v) is 1.72. The fraction of sp³-hybridized carbons (Fsp3) is 0.125. The highest BCUT2D eigenvalue weighted by atomic mass is 19.1. The van der Waals surface area contributed by atoms with Crippen LogP contribution in [0, 0.1) is 15.9 Å². The van der Waals surface area contributed by atoms with Crippen LogP contribution in [-0.2, 0) is 14.3 Å². The quantitative estimate of drug-likeness (QED) is 0.467. The lowest BCUT2D eigenvalue weighted by molar-refractivity contribution is -0.384. The average molecular weight is 348 g/mol. The molecule has 0 bridgehead atoms. The van der Waals surface area contributed by atoms with Crippen LogP contribution in [-0.4, -0.2) is 30.0 Å². The van der Waals surface area contributed by atoms with E-state index in [1.54, 1.807) is 0 Å². The molecule has 2 aromatic carbocycles. The first-order chi connectivity index (χ1) is 11.9. The second kappa shape index (κ2) is 8.39. The van der Waals surface area contributed by atoms with E-state index in [1.807, 2.05) is 0 Å². The number of carbonyl (C=O) groups excluding carboxylic acids is 2. The fourth-order valence-electron chi connectivity index (χ4n) is 1.72. The van der Waals surface area contributed by atoms with Crippen LogP contribution in [0.2, 0.25) is 0 Å². The molecular formula is C16H13FN2O6. The molecule has 130 valence electrons. The smallest absolute Gasteiger partial charge is 0.344 e. The number of carbonyl (C=O) groups is 2. The third-order valence-corrected chi connectivity index (χ3v) is 2.90. The predicted octanol–water partition coefficient (Wildman–Crippen LogP) is 2.29. The van der Waals surface area contributed by atoms with Gasteiger partial charge in [-0.25, -0.2) is 9.18 Å². The molecule has 0 aliphatic carbocycles. The van der Waals surface area contributed by atoms with Crippen molar-refractivity contribution in [2.75, 3.05) is 18.5 Å². The summed E-state index contributed by atoms with van der Waals surface area (Å²) in [6, 6.07) is 10.2. The molecule has 2 rings (SSSR count). The molecule has 0 saturated carbocycles. The van der Waals surface area contributed by atoms with E-state index in [9.17, 15) is 24.1 Å². The van der Waals surface area contributed by atoms with Gasteiger partial charge in [0.15, 0.2) is 13.2 Å². The Morgan fingerprint density at radius 3 is 2.28 bits per heavy atom. The Balaban J connectivity index is 1.72. The Morgan fingerprint density at radius 1 is 1.04 bits per heavy atom. The molecule has 9 heteroatoms. The summed E-state index contributed by atoms with van der Waals surface area (Å²) in [5, 5.41) is 12.9. The number of non-ortho nitro benzene ring substituents is 1. The highest BCUT2D eigenvalue weighted by Gasteiger charge is 2.10. The Hall–Kier alpha value is -3.49. The largest absolute Gasteiger partial charge is 0.482 e. The summed E-state index contributed by atoms with van der Waals surface area (Å²) in [5.74, 6) is -1.56. The topological polar surface area (TPSA) is 108 Å². The van der Waals surface area contributed by atoms with Gasteiger partial charge in [0, 0.05) is 17.8 Å². The third-order valence-electron chi connectivity index (χ3n) is 2.90. The lowest BCUT2D eigenvalue weighted by Gasteiger charge is -2.08. The molecule has 0 unspecified atom stereocenters. The minimum Gasteiger partial charge on any atom is -0.482 e. The SMILES string of the molecule is O=C(COC(=O)COc1ccc([N+](=O)[O-])cc1)Nc1ccc(F)cc1. The van der Waals surface area contributed by atoms with Crippen LogP contribution in [0.3, 0.4) is 0 Å². The van der Waals surface area contributed by atoms with Crippen LogP contribution >= 0.6 is 0 Å². The van der Waals surface area contributed by atoms with Crippen molar-refractivity contribution in [1.82, 2.24) is 0 Å². The Bertz CT molecular complexity index is 761. The van der Waals surface area contributed by atoms with Crippen LogP contribution in [0.5, 0.6) is 5.75 Å². The first-order valence-electron chi connectivity index (χ1n) is 7.02. The number of nitro groups is 1. The summed E-state index contributed by atoms with van der Waals surface area (Å²) < 4.78 is 22.6. The van der Waals surface area contributed by atoms with E-state index in [1.165, 1.54) is 48.5 Å². The second-order valence-electron chi connectivity index (χ2n) is 4.76. The molecule has 0 saturated heterocycles. The highest BCUT2D eigenvalue weighted by Crippen LogP contribution is 2.17. The van der Waals surface area contributed by atoms with Crippen LogP contribution in [0.4, 0.5) is 15.8 Å². The van der Waals surface area contributed by atoms with Gasteiger partial charge in [-0.2, -0.15) is 0 Å². The van der Waals surface area contributed by atoms with Crippen molar-refractivity contribution in [3.05, 3.63) is 64.5 Å². The van der Waals surface area contributed by atoms with Gasteiger partial charge in [0.05, 0.1) is 4.92 Å². The monoisotopic (exact) mass is 348 g/mol. The molecule has 8 nitrogen and oxygen atoms in total. The van der Waals surface area contributed by atoms with E-state index in [4.69, 9.17) is 9.47 Å². The zero-order valence-electron chi connectivity index (χ0n) is 12.8. The molecule has 0 aromatic heterocycles. The van der Waals surface area contributed by atoms with E-state index < -0.39 is 35.8 Å². The second-order valence-corrected chi connectivity index (χ2v) is 4.76. The lowest BCUT2D eigenvalue weighted by Crippen LogP contribution is -2.23. The number of anilines is 1. The summed E-state index contributed by atoms with van der Waals surface area (Å²) in [7, 11) is 0. The van der Waals surface area contributed by atoms with Crippen molar-refractivity contribution in [1.29, 1.82) is 0 Å². The van der Waals surface area contributed by atoms with Gasteiger partial charge < -0.3 is 14.8 Å². The normalized spacial score (nSPS) is 9.96. The number of rotatable bonds is 7. The number of nitrogens with one attached hydrogen (secondary N) is 1. The lowest BCUT2D eigenvalue weighted by atomic mass is 10.3. The summed E-state index contributed by atoms with van der Waals surface area (Å²) >= 11 is 0. The maximum atomic E-state index is 12.7. The number of ether oxygens (including phenoxy) is 2. The minimum atomic E-state index is -0.785. The third kappa shape index (κ3) is 5.90. The van der Waals surface area contributed by atoms with E-state index >= 15 is 0 Å². The van der Waals surface area contributed by atoms with Gasteiger partial charge in [-0.15, -0.1) is 0 Å². The summed E-state index contributed by atoms with van der Waals surface area (Å²) in [6.07, 6.45) is 0. The number of esters is 1. The molecule has 1 amide bonds. The predicted molar refractivity (Wildman–Crippen MR) is 84.6 cm³/mol. The molecule has 0 atom stereocenters. The number of nitrogens with zero attached hydrogens (tertiary/aromatic N) is 1. The average Bonchev–Trinajstić information content (AvgIpc) is 2.60. The van der Waals surface area contributed by atoms with Crippen LogP contribution in [0.15, 0.2) is 48.5 Å². The zero-order valence-corrected chi connectivity index (χ0v) is 12.8. The Kier molecular flexibility index (Phi) is 5.99. The molecular weight excluding hydrogens is 335 g/mol. The van der Waals surface area contributed by atoms with Crippen LogP contribution in [0.1, 0.15) is 0 Å². The number of hydrogen-bond donors (Lipinski definition) is 1. The number of hydrogen-bond acceptors (Lipinski definition) is 6. The molecule has 0 aliphatic heterocycles. The van der Waals surface area contributed by atoms with E-state index in [2.05, 4.69) is 5.32 Å². The van der Waals surface area contributed by atoms with Gasteiger partial charge in [-0.3, -0.25) is 14.9 Å². The molecule has 0 spiro atoms. The van der Waals surface area contributed by atoms with Crippen LogP contribution < -0.4 is 10.1 Å². The number of nitro benzene ring substituents is 1. The molecule has 25 heavy (non-hydrogen) atoms. The summed E-state index contributed by atoms with van der Waals surface area (Å²) in [4.78, 5) is 33.1. The molecule has 0 fully saturated rings. The van der Waals surface area contributed by atoms with Gasteiger partial charge in [-0.05, 0) is 36.4 Å². The number of benzene rings is 2. The van der Waals surface area contributed by atoms with E-state index in [0.29, 0.717) is 5.69 Å². The van der Waals surface area contributed by atoms with Gasteiger partial charge >= 0.3 is 5.97 Å². The van der Waals surface area contributed by atoms with Gasteiger partial charge in [0.1, 0.15) is 11.6 Å². The van der Waals surface area contributed by atoms with E-state index in [-0.39, 0.29) is 11.4 Å². The summed E-state index contributed by atoms with van der Waals surface area (Å²) in [6.45, 7) is -0.985. The molecule has 0 aliphatic rings. The molecule has 1 N–H and O–H groups in total. The van der Waals surface area contributed by atoms with E-state index in [0.717, 1.165) is 0 Å². The van der Waals surface area contributed by atoms with Crippen molar-refractivity contribution < 1.29 is 28.4 Å².